The third-order valence-electron chi connectivity index (χ3n) is 8.89. The van der Waals surface area contributed by atoms with Crippen LogP contribution in [0.4, 0.5) is 0 Å². The minimum Gasteiger partial charge on any atom is -0.455 e. The van der Waals surface area contributed by atoms with E-state index in [9.17, 15) is 19.8 Å². The van der Waals surface area contributed by atoms with Gasteiger partial charge in [-0.3, -0.25) is 9.59 Å². The number of ether oxygens (including phenoxy) is 1. The zero-order chi connectivity index (χ0) is 19.6. The highest BCUT2D eigenvalue weighted by atomic mass is 16.6. The molecule has 150 valence electrons. The van der Waals surface area contributed by atoms with E-state index in [-0.39, 0.29) is 23.8 Å². The minimum atomic E-state index is -1.12. The van der Waals surface area contributed by atoms with Crippen LogP contribution in [-0.4, -0.2) is 45.9 Å². The summed E-state index contributed by atoms with van der Waals surface area (Å²) in [5.41, 5.74) is -0.545. The van der Waals surface area contributed by atoms with Crippen LogP contribution in [0.15, 0.2) is 23.8 Å². The van der Waals surface area contributed by atoms with Gasteiger partial charge < -0.3 is 20.3 Å². The topological polar surface area (TPSA) is 95.9 Å². The molecule has 0 aromatic rings. The number of hydrogen-bond donors (Lipinski definition) is 3. The Morgan fingerprint density at radius 2 is 2.11 bits per heavy atom. The van der Waals surface area contributed by atoms with Gasteiger partial charge in [-0.15, -0.1) is 0 Å². The van der Waals surface area contributed by atoms with Crippen LogP contribution in [0.25, 0.3) is 0 Å². The first-order chi connectivity index (χ1) is 13.2. The van der Waals surface area contributed by atoms with Crippen molar-refractivity contribution in [1.82, 2.24) is 5.32 Å². The standard InChI is InChI=1S/C22H27NO5/c1-10-8-21-9-22(10,27)6-5-13(21)12-7-14-17(24)20(2,19(26)28-14)15(12)16(21)18(25)23-11-3-4-11/h7,11,13-17,24,27H,1,3-6,8-9H2,2H3,(H,23,25)/t13-,14+,15+,16+,17-,20-,21-,22-/m0/s1. The van der Waals surface area contributed by atoms with E-state index in [1.165, 1.54) is 0 Å². The smallest absolute Gasteiger partial charge is 0.315 e. The molecule has 6 heteroatoms. The molecule has 6 nitrogen and oxygen atoms in total. The summed E-state index contributed by atoms with van der Waals surface area (Å²) in [5.74, 6) is -1.16. The van der Waals surface area contributed by atoms with Crippen molar-refractivity contribution in [2.45, 2.75) is 69.3 Å². The largest absolute Gasteiger partial charge is 0.455 e. The number of fused-ring (bicyclic) bond motifs is 6. The molecule has 5 aliphatic carbocycles. The van der Waals surface area contributed by atoms with Crippen molar-refractivity contribution in [3.8, 4) is 0 Å². The molecule has 4 saturated carbocycles. The van der Waals surface area contributed by atoms with Gasteiger partial charge in [0.15, 0.2) is 0 Å². The van der Waals surface area contributed by atoms with E-state index in [2.05, 4.69) is 11.9 Å². The number of nitrogens with one attached hydrogen (secondary N) is 1. The summed E-state index contributed by atoms with van der Waals surface area (Å²) in [7, 11) is 0. The fourth-order valence-corrected chi connectivity index (χ4v) is 7.40. The molecule has 0 aromatic heterocycles. The Balaban J connectivity index is 1.54. The second-order valence-electron chi connectivity index (χ2n) is 10.3. The average molecular weight is 385 g/mol. The van der Waals surface area contributed by atoms with E-state index >= 15 is 0 Å². The van der Waals surface area contributed by atoms with Gasteiger partial charge in [0.05, 0.1) is 11.5 Å². The highest BCUT2D eigenvalue weighted by Gasteiger charge is 2.75. The Morgan fingerprint density at radius 3 is 2.82 bits per heavy atom. The van der Waals surface area contributed by atoms with E-state index in [1.54, 1.807) is 6.92 Å². The Bertz CT molecular complexity index is 861. The van der Waals surface area contributed by atoms with E-state index in [0.717, 1.165) is 30.4 Å². The fourth-order valence-electron chi connectivity index (χ4n) is 7.40. The first kappa shape index (κ1) is 17.2. The predicted molar refractivity (Wildman–Crippen MR) is 98.7 cm³/mol. The van der Waals surface area contributed by atoms with E-state index < -0.39 is 40.5 Å². The van der Waals surface area contributed by atoms with Crippen LogP contribution in [0.1, 0.15) is 45.4 Å². The molecule has 8 atom stereocenters. The lowest BCUT2D eigenvalue weighted by molar-refractivity contribution is -0.151. The number of carbonyl (C=O) groups is 2. The normalized spacial score (nSPS) is 53.4. The van der Waals surface area contributed by atoms with Crippen LogP contribution < -0.4 is 5.32 Å². The molecule has 1 aliphatic heterocycles. The molecule has 1 spiro atoms. The van der Waals surface area contributed by atoms with Crippen molar-refractivity contribution in [2.24, 2.45) is 28.6 Å². The Labute approximate surface area is 164 Å². The molecule has 0 radical (unpaired) electrons. The van der Waals surface area contributed by atoms with Crippen LogP contribution in [0, 0.1) is 28.6 Å². The molecule has 1 saturated heterocycles. The van der Waals surface area contributed by atoms with Gasteiger partial charge in [-0.25, -0.2) is 0 Å². The van der Waals surface area contributed by atoms with Crippen LogP contribution in [0.3, 0.4) is 0 Å². The lowest BCUT2D eigenvalue weighted by Crippen LogP contribution is -2.52. The third-order valence-corrected chi connectivity index (χ3v) is 8.89. The molecule has 0 aromatic carbocycles. The summed E-state index contributed by atoms with van der Waals surface area (Å²) >= 11 is 0. The summed E-state index contributed by atoms with van der Waals surface area (Å²) in [6, 6.07) is 0.215. The maximum atomic E-state index is 13.5. The molecule has 6 aliphatic rings. The van der Waals surface area contributed by atoms with Crippen molar-refractivity contribution in [3.05, 3.63) is 23.8 Å². The molecule has 1 heterocycles. The van der Waals surface area contributed by atoms with Crippen molar-refractivity contribution in [3.63, 3.8) is 0 Å². The van der Waals surface area contributed by atoms with Gasteiger partial charge in [0.1, 0.15) is 17.6 Å². The number of aliphatic hydroxyl groups excluding tert-OH is 1. The monoisotopic (exact) mass is 385 g/mol. The molecular formula is C22H27NO5. The van der Waals surface area contributed by atoms with E-state index in [1.807, 2.05) is 6.08 Å². The first-order valence-corrected chi connectivity index (χ1v) is 10.5. The van der Waals surface area contributed by atoms with Crippen molar-refractivity contribution in [2.75, 3.05) is 0 Å². The van der Waals surface area contributed by atoms with Gasteiger partial charge >= 0.3 is 5.97 Å². The number of rotatable bonds is 2. The van der Waals surface area contributed by atoms with Crippen molar-refractivity contribution >= 4 is 11.9 Å². The third kappa shape index (κ3) is 1.78. The number of hydrogen-bond acceptors (Lipinski definition) is 5. The number of allylic oxidation sites excluding steroid dienone is 1. The maximum Gasteiger partial charge on any atom is 0.315 e. The second kappa shape index (κ2) is 4.90. The zero-order valence-corrected chi connectivity index (χ0v) is 16.1. The minimum absolute atomic E-state index is 0.0357. The van der Waals surface area contributed by atoms with Crippen LogP contribution in [0.5, 0.6) is 0 Å². The van der Waals surface area contributed by atoms with Crippen LogP contribution in [0.2, 0.25) is 0 Å². The highest BCUT2D eigenvalue weighted by molar-refractivity contribution is 5.88. The SMILES string of the molecule is C=C1C[C@]23C[C@@]1(O)CC[C@H]2C1=C[C@H]2OC(=O)[C@@](C)([C@H]1[C@@H]3C(=O)NC1CC1)[C@H]2O. The summed E-state index contributed by atoms with van der Waals surface area (Å²) in [6.45, 7) is 5.92. The molecule has 5 fully saturated rings. The maximum absolute atomic E-state index is 13.5. The number of aliphatic hydroxyl groups is 2. The summed E-state index contributed by atoms with van der Waals surface area (Å²) in [4.78, 5) is 26.4. The fraction of sp³-hybridized carbons (Fsp3) is 0.727. The molecule has 28 heavy (non-hydrogen) atoms. The molecule has 0 unspecified atom stereocenters. The summed E-state index contributed by atoms with van der Waals surface area (Å²) in [5, 5.41) is 25.2. The molecule has 3 N–H and O–H groups in total. The highest BCUT2D eigenvalue weighted by Crippen LogP contribution is 2.74. The van der Waals surface area contributed by atoms with Crippen molar-refractivity contribution < 1.29 is 24.5 Å². The Hall–Kier alpha value is -1.66. The molecular weight excluding hydrogens is 358 g/mol. The Morgan fingerprint density at radius 1 is 1.36 bits per heavy atom. The first-order valence-electron chi connectivity index (χ1n) is 10.5. The number of carbonyl (C=O) groups excluding carboxylic acids is 2. The number of esters is 1. The van der Waals surface area contributed by atoms with Crippen LogP contribution in [-0.2, 0) is 14.3 Å². The molecule has 4 bridgehead atoms. The van der Waals surface area contributed by atoms with E-state index in [4.69, 9.17) is 4.74 Å². The number of amides is 1. The summed E-state index contributed by atoms with van der Waals surface area (Å²) < 4.78 is 5.49. The molecule has 1 amide bonds. The molecule has 6 rings (SSSR count). The zero-order valence-electron chi connectivity index (χ0n) is 16.1. The van der Waals surface area contributed by atoms with E-state index in [0.29, 0.717) is 19.3 Å². The van der Waals surface area contributed by atoms with Gasteiger partial charge in [-0.2, -0.15) is 0 Å². The van der Waals surface area contributed by atoms with Gasteiger partial charge in [0, 0.05) is 12.0 Å². The lowest BCUT2D eigenvalue weighted by atomic mass is 9.60. The van der Waals surface area contributed by atoms with Gasteiger partial charge in [-0.1, -0.05) is 12.2 Å². The van der Waals surface area contributed by atoms with Gasteiger partial charge in [0.25, 0.3) is 0 Å². The lowest BCUT2D eigenvalue weighted by Gasteiger charge is -2.42. The van der Waals surface area contributed by atoms with Crippen LogP contribution >= 0.6 is 0 Å². The Kier molecular flexibility index (Phi) is 3.01. The summed E-state index contributed by atoms with van der Waals surface area (Å²) in [6.07, 6.45) is 4.87. The quantitative estimate of drug-likeness (QED) is 0.491. The second-order valence-corrected chi connectivity index (χ2v) is 10.3. The van der Waals surface area contributed by atoms with Gasteiger partial charge in [0.2, 0.25) is 5.91 Å². The van der Waals surface area contributed by atoms with Crippen molar-refractivity contribution in [1.29, 1.82) is 0 Å². The average Bonchev–Trinajstić information content (AvgIpc) is 3.33. The van der Waals surface area contributed by atoms with Gasteiger partial charge in [-0.05, 0) is 68.4 Å². The predicted octanol–water partition coefficient (Wildman–Crippen LogP) is 1.22.